The van der Waals surface area contributed by atoms with Crippen molar-refractivity contribution in [1.29, 1.82) is 0 Å². The molecule has 0 unspecified atom stereocenters. The molecule has 0 aliphatic rings. The lowest BCUT2D eigenvalue weighted by Crippen LogP contribution is -2.30. The van der Waals surface area contributed by atoms with E-state index >= 15 is 0 Å². The quantitative estimate of drug-likeness (QED) is 0.385. The number of aliphatic carboxylic acids is 1. The molecule has 0 aliphatic heterocycles. The van der Waals surface area contributed by atoms with Gasteiger partial charge in [-0.2, -0.15) is 4.99 Å². The SMILES string of the molecule is O=C=NCC(=O)NCC(=O)O. The van der Waals surface area contributed by atoms with Crippen LogP contribution in [0.2, 0.25) is 0 Å². The fourth-order valence-electron chi connectivity index (χ4n) is 0.334. The third-order valence-electron chi connectivity index (χ3n) is 0.724. The Morgan fingerprint density at radius 1 is 1.55 bits per heavy atom. The van der Waals surface area contributed by atoms with Crippen LogP contribution in [0.5, 0.6) is 0 Å². The van der Waals surface area contributed by atoms with Crippen molar-refractivity contribution < 1.29 is 19.5 Å². The third-order valence-corrected chi connectivity index (χ3v) is 0.724. The van der Waals surface area contributed by atoms with Crippen molar-refractivity contribution in [2.45, 2.75) is 0 Å². The first-order chi connectivity index (χ1) is 5.16. The van der Waals surface area contributed by atoms with E-state index in [0.717, 1.165) is 6.08 Å². The third kappa shape index (κ3) is 6.20. The summed E-state index contributed by atoms with van der Waals surface area (Å²) in [6, 6.07) is 0. The lowest BCUT2D eigenvalue weighted by Gasteiger charge is -1.95. The molecule has 2 N–H and O–H groups in total. The molecule has 0 saturated carbocycles. The highest BCUT2D eigenvalue weighted by Crippen LogP contribution is 1.68. The summed E-state index contributed by atoms with van der Waals surface area (Å²) in [7, 11) is 0. The molecule has 0 spiro atoms. The Balaban J connectivity index is 3.53. The average molecular weight is 158 g/mol. The van der Waals surface area contributed by atoms with Crippen LogP contribution >= 0.6 is 0 Å². The Hall–Kier alpha value is -1.68. The average Bonchev–Trinajstić information content (AvgIpc) is 1.97. The summed E-state index contributed by atoms with van der Waals surface area (Å²) < 4.78 is 0. The van der Waals surface area contributed by atoms with E-state index in [1.807, 2.05) is 5.32 Å². The van der Waals surface area contributed by atoms with Crippen molar-refractivity contribution in [1.82, 2.24) is 5.32 Å². The first-order valence-electron chi connectivity index (χ1n) is 2.69. The Morgan fingerprint density at radius 3 is 2.64 bits per heavy atom. The van der Waals surface area contributed by atoms with E-state index in [2.05, 4.69) is 4.99 Å². The van der Waals surface area contributed by atoms with E-state index in [0.29, 0.717) is 0 Å². The van der Waals surface area contributed by atoms with Crippen LogP contribution in [0.1, 0.15) is 0 Å². The van der Waals surface area contributed by atoms with Crippen LogP contribution in [-0.2, 0) is 14.4 Å². The summed E-state index contributed by atoms with van der Waals surface area (Å²) >= 11 is 0. The molecule has 0 aromatic carbocycles. The van der Waals surface area contributed by atoms with Gasteiger partial charge < -0.3 is 10.4 Å². The minimum atomic E-state index is -1.14. The highest BCUT2D eigenvalue weighted by molar-refractivity contribution is 5.82. The number of hydrogen-bond donors (Lipinski definition) is 2. The van der Waals surface area contributed by atoms with Crippen molar-refractivity contribution >= 4 is 18.0 Å². The topological polar surface area (TPSA) is 95.8 Å². The zero-order valence-electron chi connectivity index (χ0n) is 5.53. The monoisotopic (exact) mass is 158 g/mol. The molecule has 0 bridgehead atoms. The first kappa shape index (κ1) is 9.32. The minimum absolute atomic E-state index is 0.378. The van der Waals surface area contributed by atoms with Crippen LogP contribution in [0, 0.1) is 0 Å². The Bertz CT molecular complexity index is 207. The molecule has 0 fully saturated rings. The van der Waals surface area contributed by atoms with Crippen LogP contribution in [0.15, 0.2) is 4.99 Å². The van der Waals surface area contributed by atoms with Crippen LogP contribution in [0.4, 0.5) is 0 Å². The molecular weight excluding hydrogens is 152 g/mol. The van der Waals surface area contributed by atoms with E-state index in [1.54, 1.807) is 0 Å². The minimum Gasteiger partial charge on any atom is -0.480 e. The Kier molecular flexibility index (Phi) is 4.35. The van der Waals surface area contributed by atoms with E-state index in [9.17, 15) is 14.4 Å². The summed E-state index contributed by atoms with van der Waals surface area (Å²) in [4.78, 5) is 32.7. The highest BCUT2D eigenvalue weighted by atomic mass is 16.4. The highest BCUT2D eigenvalue weighted by Gasteiger charge is 2.00. The molecule has 0 aromatic heterocycles. The molecular formula is C5H6N2O4. The summed E-state index contributed by atoms with van der Waals surface area (Å²) in [6.07, 6.45) is 1.15. The maximum atomic E-state index is 10.5. The zero-order valence-corrected chi connectivity index (χ0v) is 5.53. The van der Waals surface area contributed by atoms with Gasteiger partial charge in [-0.05, 0) is 0 Å². The largest absolute Gasteiger partial charge is 0.480 e. The maximum Gasteiger partial charge on any atom is 0.322 e. The molecule has 0 aliphatic carbocycles. The fraction of sp³-hybridized carbons (Fsp3) is 0.400. The lowest BCUT2D eigenvalue weighted by atomic mass is 10.5. The smallest absolute Gasteiger partial charge is 0.322 e. The van der Waals surface area contributed by atoms with Gasteiger partial charge in [0.15, 0.2) is 0 Å². The summed E-state index contributed by atoms with van der Waals surface area (Å²) in [5.41, 5.74) is 0. The van der Waals surface area contributed by atoms with Crippen LogP contribution in [0.3, 0.4) is 0 Å². The number of carbonyl (C=O) groups is 2. The van der Waals surface area contributed by atoms with Crippen molar-refractivity contribution in [3.63, 3.8) is 0 Å². The molecule has 0 aromatic rings. The van der Waals surface area contributed by atoms with Crippen molar-refractivity contribution in [2.24, 2.45) is 4.99 Å². The Morgan fingerprint density at radius 2 is 2.18 bits per heavy atom. The van der Waals surface area contributed by atoms with Gasteiger partial charge in [-0.25, -0.2) is 4.79 Å². The van der Waals surface area contributed by atoms with Gasteiger partial charge in [0.25, 0.3) is 0 Å². The van der Waals surface area contributed by atoms with Gasteiger partial charge in [-0.15, -0.1) is 0 Å². The number of nitrogens with one attached hydrogen (secondary N) is 1. The second kappa shape index (κ2) is 5.13. The normalized spacial score (nSPS) is 8.00. The van der Waals surface area contributed by atoms with Gasteiger partial charge in [-0.3, -0.25) is 9.59 Å². The van der Waals surface area contributed by atoms with Gasteiger partial charge in [0, 0.05) is 0 Å². The molecule has 6 heteroatoms. The van der Waals surface area contributed by atoms with Gasteiger partial charge in [0.2, 0.25) is 12.0 Å². The second-order valence-electron chi connectivity index (χ2n) is 1.58. The molecule has 0 radical (unpaired) electrons. The van der Waals surface area contributed by atoms with Crippen molar-refractivity contribution in [3.05, 3.63) is 0 Å². The van der Waals surface area contributed by atoms with Gasteiger partial charge in [0.05, 0.1) is 0 Å². The molecule has 0 atom stereocenters. The van der Waals surface area contributed by atoms with Gasteiger partial charge >= 0.3 is 5.97 Å². The lowest BCUT2D eigenvalue weighted by molar-refractivity contribution is -0.137. The van der Waals surface area contributed by atoms with Crippen molar-refractivity contribution in [2.75, 3.05) is 13.1 Å². The van der Waals surface area contributed by atoms with Crippen LogP contribution in [-0.4, -0.2) is 36.2 Å². The number of carboxylic acids is 1. The fourth-order valence-corrected chi connectivity index (χ4v) is 0.334. The number of carboxylic acid groups (broad SMARTS) is 1. The molecule has 11 heavy (non-hydrogen) atoms. The maximum absolute atomic E-state index is 10.5. The number of aliphatic imine (C=N–C) groups is 1. The van der Waals surface area contributed by atoms with E-state index in [-0.39, 0.29) is 6.54 Å². The zero-order chi connectivity index (χ0) is 8.69. The van der Waals surface area contributed by atoms with E-state index < -0.39 is 18.4 Å². The van der Waals surface area contributed by atoms with Crippen LogP contribution in [0.25, 0.3) is 0 Å². The first-order valence-corrected chi connectivity index (χ1v) is 2.69. The number of rotatable bonds is 4. The summed E-state index contributed by atoms with van der Waals surface area (Å²) in [5.74, 6) is -1.76. The molecule has 0 saturated heterocycles. The van der Waals surface area contributed by atoms with Crippen LogP contribution < -0.4 is 5.32 Å². The standard InChI is InChI=1S/C5H6N2O4/c8-3-6-1-4(9)7-2-5(10)11/h1-2H2,(H,7,9)(H,10,11). The molecule has 60 valence electrons. The number of hydrogen-bond acceptors (Lipinski definition) is 4. The summed E-state index contributed by atoms with van der Waals surface area (Å²) in [5, 5.41) is 10.1. The number of carbonyl (C=O) groups excluding carboxylic acids is 2. The molecule has 6 nitrogen and oxygen atoms in total. The second-order valence-corrected chi connectivity index (χ2v) is 1.58. The molecule has 0 heterocycles. The summed E-state index contributed by atoms with van der Waals surface area (Å²) in [6.45, 7) is -0.843. The predicted octanol–water partition coefficient (Wildman–Crippen LogP) is -1.48. The number of amides is 1. The molecule has 1 amide bonds. The van der Waals surface area contributed by atoms with E-state index in [1.165, 1.54) is 0 Å². The van der Waals surface area contributed by atoms with Gasteiger partial charge in [-0.1, -0.05) is 0 Å². The predicted molar refractivity (Wildman–Crippen MR) is 33.6 cm³/mol. The number of isocyanates is 1. The van der Waals surface area contributed by atoms with Gasteiger partial charge in [0.1, 0.15) is 13.1 Å². The van der Waals surface area contributed by atoms with Crippen molar-refractivity contribution in [3.8, 4) is 0 Å². The van der Waals surface area contributed by atoms with E-state index in [4.69, 9.17) is 5.11 Å². The molecule has 0 rings (SSSR count). The Labute approximate surface area is 61.9 Å². The number of nitrogens with zero attached hydrogens (tertiary/aromatic N) is 1.